The zero-order valence-electron chi connectivity index (χ0n) is 11.7. The molecule has 1 amide bonds. The summed E-state index contributed by atoms with van der Waals surface area (Å²) in [6.45, 7) is 2.33. The Labute approximate surface area is 124 Å². The minimum atomic E-state index is -0.369. The summed E-state index contributed by atoms with van der Waals surface area (Å²) in [5.41, 5.74) is 0.732. The molecular weight excluding hydrogens is 276 g/mol. The molecule has 0 bridgehead atoms. The first-order valence-corrected chi connectivity index (χ1v) is 7.34. The molecule has 0 aliphatic heterocycles. The highest BCUT2D eigenvalue weighted by Crippen LogP contribution is 2.28. The second-order valence-corrected chi connectivity index (χ2v) is 5.87. The predicted molar refractivity (Wildman–Crippen MR) is 79.4 cm³/mol. The topological polar surface area (TPSA) is 50.4 Å². The van der Waals surface area contributed by atoms with E-state index in [0.717, 1.165) is 31.2 Å². The van der Waals surface area contributed by atoms with Crippen LogP contribution in [0.3, 0.4) is 0 Å². The Balaban J connectivity index is 1.81. The molecule has 1 fully saturated rings. The molecule has 1 aliphatic rings. The lowest BCUT2D eigenvalue weighted by Gasteiger charge is -2.37. The Hall–Kier alpha value is -1.26. The molecule has 1 saturated carbocycles. The molecule has 2 atom stereocenters. The summed E-state index contributed by atoms with van der Waals surface area (Å²) in [5.74, 6) is 0. The Morgan fingerprint density at radius 3 is 2.90 bits per heavy atom. The van der Waals surface area contributed by atoms with Crippen LogP contribution in [0.1, 0.15) is 38.2 Å². The molecule has 5 heteroatoms. The van der Waals surface area contributed by atoms with Gasteiger partial charge in [0.1, 0.15) is 6.61 Å². The number of rotatable bonds is 4. The third-order valence-corrected chi connectivity index (χ3v) is 4.06. The Morgan fingerprint density at radius 1 is 1.45 bits per heavy atom. The number of alkyl carbamates (subject to hydrolysis) is 1. The second kappa shape index (κ2) is 6.95. The average Bonchev–Trinajstić information content (AvgIpc) is 2.46. The number of hydrogen-bond acceptors (Lipinski definition) is 3. The molecule has 4 nitrogen and oxygen atoms in total. The van der Waals surface area contributed by atoms with Crippen LogP contribution >= 0.6 is 11.8 Å². The molecule has 0 aromatic heterocycles. The number of halogens is 1. The van der Waals surface area contributed by atoms with Crippen molar-refractivity contribution >= 4 is 17.9 Å². The largest absolute Gasteiger partial charge is 0.445 e. The molecule has 0 spiro atoms. The van der Waals surface area contributed by atoms with Gasteiger partial charge in [-0.1, -0.05) is 30.3 Å². The smallest absolute Gasteiger partial charge is 0.407 e. The molecule has 110 valence electrons. The number of carbonyl (C=O) groups is 1. The summed E-state index contributed by atoms with van der Waals surface area (Å²) in [6.07, 6.45) is 3.48. The fraction of sp³-hybridized carbons (Fsp3) is 0.533. The normalized spacial score (nSPS) is 26.0. The minimum absolute atomic E-state index is 0.241. The number of hydrogen-bond donors (Lipinski definition) is 2. The SMILES string of the molecule is C[C@]1(NC(=O)OCc2ccccc2)CCC[C@@H](NCl)C1. The van der Waals surface area contributed by atoms with Crippen LogP contribution in [0.4, 0.5) is 4.79 Å². The van der Waals surface area contributed by atoms with E-state index in [4.69, 9.17) is 16.5 Å². The molecule has 1 aliphatic carbocycles. The van der Waals surface area contributed by atoms with Crippen molar-refractivity contribution in [3.63, 3.8) is 0 Å². The summed E-state index contributed by atoms with van der Waals surface area (Å²) in [7, 11) is 0. The Kier molecular flexibility index (Phi) is 5.26. The lowest BCUT2D eigenvalue weighted by Crippen LogP contribution is -2.51. The molecule has 2 rings (SSSR count). The van der Waals surface area contributed by atoms with Crippen LogP contribution in [0.25, 0.3) is 0 Å². The van der Waals surface area contributed by atoms with Gasteiger partial charge in [0.15, 0.2) is 0 Å². The maximum Gasteiger partial charge on any atom is 0.407 e. The van der Waals surface area contributed by atoms with Gasteiger partial charge in [-0.3, -0.25) is 0 Å². The summed E-state index contributed by atoms with van der Waals surface area (Å²) in [6, 6.07) is 9.90. The first kappa shape index (κ1) is 15.1. The van der Waals surface area contributed by atoms with Crippen molar-refractivity contribution in [1.82, 2.24) is 10.2 Å². The van der Waals surface area contributed by atoms with Gasteiger partial charge in [0.05, 0.1) is 0 Å². The lowest BCUT2D eigenvalue weighted by molar-refractivity contribution is 0.118. The molecule has 2 N–H and O–H groups in total. The molecule has 0 heterocycles. The van der Waals surface area contributed by atoms with Crippen molar-refractivity contribution in [2.24, 2.45) is 0 Å². The Morgan fingerprint density at radius 2 is 2.20 bits per heavy atom. The standard InChI is InChI=1S/C15H21ClN2O2/c1-15(9-5-8-13(10-15)18-16)17-14(19)20-11-12-6-3-2-4-7-12/h2-4,6-7,13,18H,5,8-11H2,1H3,(H,17,19)/t13-,15+/m1/s1. The third kappa shape index (κ3) is 4.39. The van der Waals surface area contributed by atoms with E-state index in [0.29, 0.717) is 6.61 Å². The van der Waals surface area contributed by atoms with Crippen molar-refractivity contribution < 1.29 is 9.53 Å². The van der Waals surface area contributed by atoms with Crippen LogP contribution in [0.15, 0.2) is 30.3 Å². The maximum absolute atomic E-state index is 11.9. The average molecular weight is 297 g/mol. The number of benzene rings is 1. The van der Waals surface area contributed by atoms with Gasteiger partial charge in [0.2, 0.25) is 0 Å². The lowest BCUT2D eigenvalue weighted by atomic mass is 9.81. The van der Waals surface area contributed by atoms with Crippen molar-refractivity contribution in [3.05, 3.63) is 35.9 Å². The van der Waals surface area contributed by atoms with Crippen molar-refractivity contribution in [2.75, 3.05) is 0 Å². The van der Waals surface area contributed by atoms with Crippen LogP contribution in [-0.4, -0.2) is 17.7 Å². The zero-order valence-corrected chi connectivity index (χ0v) is 12.5. The number of amides is 1. The number of ether oxygens (including phenoxy) is 1. The van der Waals surface area contributed by atoms with E-state index in [2.05, 4.69) is 10.2 Å². The van der Waals surface area contributed by atoms with Gasteiger partial charge in [-0.2, -0.15) is 0 Å². The predicted octanol–water partition coefficient (Wildman–Crippen LogP) is 3.36. The molecule has 20 heavy (non-hydrogen) atoms. The van der Waals surface area contributed by atoms with Crippen LogP contribution in [0, 0.1) is 0 Å². The van der Waals surface area contributed by atoms with Gasteiger partial charge in [0, 0.05) is 11.6 Å². The van der Waals surface area contributed by atoms with E-state index in [-0.39, 0.29) is 17.7 Å². The third-order valence-electron chi connectivity index (χ3n) is 3.75. The maximum atomic E-state index is 11.9. The van der Waals surface area contributed by atoms with E-state index >= 15 is 0 Å². The van der Waals surface area contributed by atoms with E-state index in [9.17, 15) is 4.79 Å². The molecule has 1 aromatic carbocycles. The number of carbonyl (C=O) groups excluding carboxylic acids is 1. The fourth-order valence-corrected chi connectivity index (χ4v) is 2.89. The first-order chi connectivity index (χ1) is 9.61. The van der Waals surface area contributed by atoms with Gasteiger partial charge in [-0.05, 0) is 49.9 Å². The molecule has 0 unspecified atom stereocenters. The minimum Gasteiger partial charge on any atom is -0.445 e. The summed E-state index contributed by atoms with van der Waals surface area (Å²) < 4.78 is 5.26. The molecule has 0 saturated heterocycles. The van der Waals surface area contributed by atoms with Crippen LogP contribution in [0.5, 0.6) is 0 Å². The van der Waals surface area contributed by atoms with Crippen molar-refractivity contribution in [2.45, 2.75) is 50.8 Å². The molecule has 0 radical (unpaired) electrons. The highest BCUT2D eigenvalue weighted by Gasteiger charge is 2.33. The fourth-order valence-electron chi connectivity index (χ4n) is 2.70. The van der Waals surface area contributed by atoms with Gasteiger partial charge in [-0.15, -0.1) is 0 Å². The molecular formula is C15H21ClN2O2. The van der Waals surface area contributed by atoms with Gasteiger partial charge < -0.3 is 10.1 Å². The van der Waals surface area contributed by atoms with Crippen LogP contribution in [0.2, 0.25) is 0 Å². The monoisotopic (exact) mass is 296 g/mol. The van der Waals surface area contributed by atoms with Gasteiger partial charge in [-0.25, -0.2) is 9.63 Å². The van der Waals surface area contributed by atoms with Crippen molar-refractivity contribution in [3.8, 4) is 0 Å². The van der Waals surface area contributed by atoms with Crippen LogP contribution < -0.4 is 10.2 Å². The van der Waals surface area contributed by atoms with E-state index in [1.807, 2.05) is 37.3 Å². The van der Waals surface area contributed by atoms with E-state index in [1.54, 1.807) is 0 Å². The first-order valence-electron chi connectivity index (χ1n) is 6.96. The van der Waals surface area contributed by atoms with Crippen LogP contribution in [-0.2, 0) is 11.3 Å². The van der Waals surface area contributed by atoms with E-state index in [1.165, 1.54) is 0 Å². The number of nitrogens with one attached hydrogen (secondary N) is 2. The van der Waals surface area contributed by atoms with Crippen molar-refractivity contribution in [1.29, 1.82) is 0 Å². The summed E-state index contributed by atoms with van der Waals surface area (Å²) in [5, 5.41) is 2.97. The quantitative estimate of drug-likeness (QED) is 0.838. The molecule has 1 aromatic rings. The van der Waals surface area contributed by atoms with E-state index < -0.39 is 0 Å². The summed E-state index contributed by atoms with van der Waals surface area (Å²) >= 11 is 5.69. The Bertz CT molecular complexity index is 441. The van der Waals surface area contributed by atoms with Gasteiger partial charge >= 0.3 is 6.09 Å². The highest BCUT2D eigenvalue weighted by molar-refractivity contribution is 6.13. The second-order valence-electron chi connectivity index (χ2n) is 5.65. The highest BCUT2D eigenvalue weighted by atomic mass is 35.5. The summed E-state index contributed by atoms with van der Waals surface area (Å²) in [4.78, 5) is 14.7. The van der Waals surface area contributed by atoms with Gasteiger partial charge in [0.25, 0.3) is 0 Å². The zero-order chi connectivity index (χ0) is 14.4.